The molecule has 9 heteroatoms. The molecule has 7 nitrogen and oxygen atoms in total. The highest BCUT2D eigenvalue weighted by Crippen LogP contribution is 2.25. The van der Waals surface area contributed by atoms with Crippen LogP contribution in [0.5, 0.6) is 0 Å². The van der Waals surface area contributed by atoms with E-state index in [1.165, 1.54) is 23.7 Å². The van der Waals surface area contributed by atoms with Gasteiger partial charge in [-0.3, -0.25) is 14.4 Å². The third-order valence-electron chi connectivity index (χ3n) is 5.47. The van der Waals surface area contributed by atoms with Crippen molar-refractivity contribution in [2.24, 2.45) is 0 Å². The maximum Gasteiger partial charge on any atom is 0.267 e. The third kappa shape index (κ3) is 4.62. The number of nitrogens with zero attached hydrogens (tertiary/aromatic N) is 4. The zero-order valence-electron chi connectivity index (χ0n) is 17.9. The summed E-state index contributed by atoms with van der Waals surface area (Å²) in [5.41, 5.74) is 1.07. The Kier molecular flexibility index (Phi) is 6.18. The fourth-order valence-corrected chi connectivity index (χ4v) is 4.51. The van der Waals surface area contributed by atoms with E-state index in [0.717, 1.165) is 9.75 Å². The fraction of sp³-hybridized carbons (Fsp3) is 0.304. The first-order valence-corrected chi connectivity index (χ1v) is 11.1. The first-order valence-electron chi connectivity index (χ1n) is 10.3. The predicted molar refractivity (Wildman–Crippen MR) is 122 cm³/mol. The normalized spacial score (nSPS) is 14.0. The van der Waals surface area contributed by atoms with Gasteiger partial charge in [0.15, 0.2) is 5.78 Å². The number of hydrogen-bond donors (Lipinski definition) is 0. The number of hydrogen-bond acceptors (Lipinski definition) is 6. The molecule has 1 saturated heterocycles. The largest absolute Gasteiger partial charge is 0.366 e. The summed E-state index contributed by atoms with van der Waals surface area (Å²) in [5.74, 6) is -0.840. The quantitative estimate of drug-likeness (QED) is 0.554. The van der Waals surface area contributed by atoms with E-state index in [1.807, 2.05) is 24.0 Å². The second-order valence-corrected chi connectivity index (χ2v) is 9.00. The van der Waals surface area contributed by atoms with Crippen molar-refractivity contribution in [2.45, 2.75) is 20.4 Å². The predicted octanol–water partition coefficient (Wildman–Crippen LogP) is 2.97. The molecule has 0 N–H and O–H groups in total. The number of anilines is 1. The molecule has 2 aromatic heterocycles. The molecule has 0 unspecified atom stereocenters. The monoisotopic (exact) mass is 454 g/mol. The van der Waals surface area contributed by atoms with E-state index in [0.29, 0.717) is 43.1 Å². The Labute approximate surface area is 188 Å². The number of rotatable bonds is 5. The molecule has 32 heavy (non-hydrogen) atoms. The second kappa shape index (κ2) is 9.04. The van der Waals surface area contributed by atoms with Gasteiger partial charge in [-0.25, -0.2) is 9.07 Å². The number of aryl methyl sites for hydroxylation is 1. The van der Waals surface area contributed by atoms with Gasteiger partial charge in [-0.05, 0) is 50.2 Å². The van der Waals surface area contributed by atoms with Crippen LogP contribution in [0, 0.1) is 12.7 Å². The molecular formula is C23H23FN4O3S. The molecule has 0 atom stereocenters. The Balaban J connectivity index is 1.41. The van der Waals surface area contributed by atoms with E-state index < -0.39 is 5.82 Å². The molecule has 166 valence electrons. The van der Waals surface area contributed by atoms with Gasteiger partial charge in [0.05, 0.1) is 10.6 Å². The molecule has 4 rings (SSSR count). The van der Waals surface area contributed by atoms with E-state index in [-0.39, 0.29) is 23.8 Å². The minimum Gasteiger partial charge on any atom is -0.366 e. The number of amides is 1. The average Bonchev–Trinajstić information content (AvgIpc) is 3.21. The van der Waals surface area contributed by atoms with Crippen molar-refractivity contribution < 1.29 is 14.0 Å². The van der Waals surface area contributed by atoms with Crippen LogP contribution in [-0.4, -0.2) is 52.5 Å². The minimum absolute atomic E-state index is 0.140. The number of carbonyl (C=O) groups is 2. The molecule has 3 aromatic rings. The molecule has 1 aliphatic heterocycles. The summed E-state index contributed by atoms with van der Waals surface area (Å²) in [7, 11) is 0. The van der Waals surface area contributed by atoms with Gasteiger partial charge in [0.1, 0.15) is 18.1 Å². The molecule has 1 aromatic carbocycles. The highest BCUT2D eigenvalue weighted by atomic mass is 32.1. The number of carbonyl (C=O) groups excluding carboxylic acids is 2. The first kappa shape index (κ1) is 21.9. The fourth-order valence-electron chi connectivity index (χ4n) is 3.67. The van der Waals surface area contributed by atoms with Crippen LogP contribution >= 0.6 is 11.3 Å². The molecule has 1 amide bonds. The van der Waals surface area contributed by atoms with Crippen LogP contribution in [0.2, 0.25) is 0 Å². The highest BCUT2D eigenvalue weighted by Gasteiger charge is 2.24. The van der Waals surface area contributed by atoms with Crippen LogP contribution in [0.1, 0.15) is 22.2 Å². The molecular weight excluding hydrogens is 431 g/mol. The first-order chi connectivity index (χ1) is 15.3. The van der Waals surface area contributed by atoms with Gasteiger partial charge in [0, 0.05) is 42.7 Å². The van der Waals surface area contributed by atoms with Crippen molar-refractivity contribution in [3.05, 3.63) is 69.1 Å². The summed E-state index contributed by atoms with van der Waals surface area (Å²) in [5, 5.41) is 4.37. The topological polar surface area (TPSA) is 75.5 Å². The summed E-state index contributed by atoms with van der Waals surface area (Å²) in [6.07, 6.45) is 0. The number of ketones is 1. The number of piperazine rings is 1. The van der Waals surface area contributed by atoms with Crippen molar-refractivity contribution in [3.63, 3.8) is 0 Å². The summed E-state index contributed by atoms with van der Waals surface area (Å²) >= 11 is 1.58. The number of thiophene rings is 1. The SMILES string of the molecule is CC(=O)c1ccc(N2CCN(C(=O)Cn3nc(-c4ccc(C)s4)ccc3=O)CC2)c(F)c1. The van der Waals surface area contributed by atoms with Crippen LogP contribution in [0.3, 0.4) is 0 Å². The smallest absolute Gasteiger partial charge is 0.267 e. The van der Waals surface area contributed by atoms with Crippen LogP contribution in [-0.2, 0) is 11.3 Å². The lowest BCUT2D eigenvalue weighted by molar-refractivity contribution is -0.132. The number of aromatic nitrogens is 2. The van der Waals surface area contributed by atoms with Crippen LogP contribution in [0.15, 0.2) is 47.3 Å². The molecule has 0 bridgehead atoms. The zero-order chi connectivity index (χ0) is 22.8. The van der Waals surface area contributed by atoms with Crippen LogP contribution in [0.4, 0.5) is 10.1 Å². The standard InChI is InChI=1S/C23H23FN4O3S/c1-15-3-7-21(32-15)19-5-8-22(30)28(25-19)14-23(31)27-11-9-26(10-12-27)20-6-4-17(16(2)29)13-18(20)24/h3-8,13H,9-12,14H2,1-2H3. The van der Waals surface area contributed by atoms with Crippen LogP contribution < -0.4 is 10.5 Å². The van der Waals surface area contributed by atoms with Gasteiger partial charge < -0.3 is 9.80 Å². The summed E-state index contributed by atoms with van der Waals surface area (Å²) < 4.78 is 15.6. The Bertz CT molecular complexity index is 1230. The minimum atomic E-state index is -0.450. The zero-order valence-corrected chi connectivity index (χ0v) is 18.7. The lowest BCUT2D eigenvalue weighted by Crippen LogP contribution is -2.50. The van der Waals surface area contributed by atoms with Crippen molar-refractivity contribution in [1.29, 1.82) is 0 Å². The molecule has 0 saturated carbocycles. The van der Waals surface area contributed by atoms with E-state index in [2.05, 4.69) is 5.10 Å². The van der Waals surface area contributed by atoms with Gasteiger partial charge in [0.2, 0.25) is 5.91 Å². The highest BCUT2D eigenvalue weighted by molar-refractivity contribution is 7.15. The molecule has 1 aliphatic rings. The van der Waals surface area contributed by atoms with Crippen molar-refractivity contribution in [1.82, 2.24) is 14.7 Å². The van der Waals surface area contributed by atoms with Gasteiger partial charge >= 0.3 is 0 Å². The van der Waals surface area contributed by atoms with Gasteiger partial charge in [-0.1, -0.05) is 0 Å². The Hall–Kier alpha value is -3.33. The van der Waals surface area contributed by atoms with E-state index in [1.54, 1.807) is 34.4 Å². The maximum absolute atomic E-state index is 14.4. The summed E-state index contributed by atoms with van der Waals surface area (Å²) in [6.45, 7) is 4.99. The van der Waals surface area contributed by atoms with E-state index in [4.69, 9.17) is 0 Å². The maximum atomic E-state index is 14.4. The third-order valence-corrected chi connectivity index (χ3v) is 6.49. The Morgan fingerprint density at radius 3 is 2.44 bits per heavy atom. The number of halogens is 1. The van der Waals surface area contributed by atoms with E-state index >= 15 is 0 Å². The lowest BCUT2D eigenvalue weighted by atomic mass is 10.1. The van der Waals surface area contributed by atoms with Crippen molar-refractivity contribution in [3.8, 4) is 10.6 Å². The second-order valence-electron chi connectivity index (χ2n) is 7.71. The lowest BCUT2D eigenvalue weighted by Gasteiger charge is -2.36. The molecule has 0 aliphatic carbocycles. The molecule has 0 spiro atoms. The van der Waals surface area contributed by atoms with Crippen molar-refractivity contribution in [2.75, 3.05) is 31.1 Å². The van der Waals surface area contributed by atoms with Gasteiger partial charge in [0.25, 0.3) is 5.56 Å². The Morgan fingerprint density at radius 2 is 1.81 bits per heavy atom. The molecule has 3 heterocycles. The molecule has 0 radical (unpaired) electrons. The molecule has 1 fully saturated rings. The van der Waals surface area contributed by atoms with Gasteiger partial charge in [-0.2, -0.15) is 5.10 Å². The summed E-state index contributed by atoms with van der Waals surface area (Å²) in [6, 6.07) is 11.5. The number of benzene rings is 1. The van der Waals surface area contributed by atoms with Crippen LogP contribution in [0.25, 0.3) is 10.6 Å². The Morgan fingerprint density at radius 1 is 1.06 bits per heavy atom. The summed E-state index contributed by atoms with van der Waals surface area (Å²) in [4.78, 5) is 42.1. The number of Topliss-reactive ketones (excluding diaryl/α,β-unsaturated/α-hetero) is 1. The van der Waals surface area contributed by atoms with Gasteiger partial charge in [-0.15, -0.1) is 11.3 Å². The van der Waals surface area contributed by atoms with Crippen molar-refractivity contribution >= 4 is 28.7 Å². The average molecular weight is 455 g/mol. The van der Waals surface area contributed by atoms with E-state index in [9.17, 15) is 18.8 Å².